The van der Waals surface area contributed by atoms with Gasteiger partial charge in [0, 0.05) is 24.0 Å². The second kappa shape index (κ2) is 13.1. The Morgan fingerprint density at radius 2 is 1.41 bits per heavy atom. The van der Waals surface area contributed by atoms with Crippen LogP contribution in [0.15, 0.2) is 42.5 Å². The van der Waals surface area contributed by atoms with Gasteiger partial charge in [0.05, 0.1) is 0 Å². The average Bonchev–Trinajstić information content (AvgIpc) is 2.83. The number of unbranched alkanes of at least 4 members (excludes halogenated alkanes) is 8. The number of hydrogen-bond donors (Lipinski definition) is 0. The van der Waals surface area contributed by atoms with E-state index in [1.807, 2.05) is 18.2 Å². The summed E-state index contributed by atoms with van der Waals surface area (Å²) in [6, 6.07) is 10.5. The second-order valence-electron chi connectivity index (χ2n) is 9.75. The fraction of sp³-hybridized carbons (Fsp3) is 0.533. The Morgan fingerprint density at radius 1 is 0.794 bits per heavy atom. The second-order valence-corrected chi connectivity index (χ2v) is 9.75. The Morgan fingerprint density at radius 3 is 2.06 bits per heavy atom. The van der Waals surface area contributed by atoms with Crippen LogP contribution in [0, 0.1) is 11.6 Å². The van der Waals surface area contributed by atoms with Gasteiger partial charge in [0.25, 0.3) is 0 Å². The third-order valence-corrected chi connectivity index (χ3v) is 7.04. The monoisotopic (exact) mass is 474 g/mol. The molecule has 0 saturated heterocycles. The molecular formula is C30H38F4. The molecule has 186 valence electrons. The molecule has 0 aromatic heterocycles. The summed E-state index contributed by atoms with van der Waals surface area (Å²) in [5.41, 5.74) is 2.07. The van der Waals surface area contributed by atoms with Crippen LogP contribution in [0.4, 0.5) is 17.6 Å². The molecule has 0 unspecified atom stereocenters. The summed E-state index contributed by atoms with van der Waals surface area (Å²) >= 11 is 0. The standard InChI is InChI=1S/C30H38F4/c1-2-3-4-5-6-7-8-9-10-11-12-26-17-18-27(29(32)28(26)31)25-15-13-23(14-16-25)24-19-21-30(33,34)22-20-24/h11-18,24H,2-10,19-22H2,1H3. The Hall–Kier alpha value is -2.10. The normalized spacial score (nSPS) is 16.4. The molecule has 34 heavy (non-hydrogen) atoms. The SMILES string of the molecule is CCCCCCCCCCC=Cc1ccc(-c2ccc(C3CCC(F)(F)CC3)cc2)c(F)c1F. The van der Waals surface area contributed by atoms with Crippen LogP contribution in [0.1, 0.15) is 107 Å². The van der Waals surface area contributed by atoms with Crippen LogP contribution >= 0.6 is 0 Å². The van der Waals surface area contributed by atoms with Gasteiger partial charge in [0.15, 0.2) is 11.6 Å². The lowest BCUT2D eigenvalue weighted by Crippen LogP contribution is -2.23. The fourth-order valence-corrected chi connectivity index (χ4v) is 4.83. The fourth-order valence-electron chi connectivity index (χ4n) is 4.83. The first-order valence-electron chi connectivity index (χ1n) is 13.0. The maximum atomic E-state index is 14.8. The van der Waals surface area contributed by atoms with Crippen molar-refractivity contribution in [3.63, 3.8) is 0 Å². The Bertz CT molecular complexity index is 904. The highest BCUT2D eigenvalue weighted by molar-refractivity contribution is 5.67. The lowest BCUT2D eigenvalue weighted by molar-refractivity contribution is -0.0382. The molecule has 1 aliphatic rings. The summed E-state index contributed by atoms with van der Waals surface area (Å²) in [7, 11) is 0. The lowest BCUT2D eigenvalue weighted by atomic mass is 9.82. The summed E-state index contributed by atoms with van der Waals surface area (Å²) in [5.74, 6) is -4.13. The molecule has 0 N–H and O–H groups in total. The predicted molar refractivity (Wildman–Crippen MR) is 134 cm³/mol. The molecule has 0 amide bonds. The highest BCUT2D eigenvalue weighted by atomic mass is 19.3. The maximum Gasteiger partial charge on any atom is 0.248 e. The van der Waals surface area contributed by atoms with Crippen LogP contribution in [-0.2, 0) is 0 Å². The minimum Gasteiger partial charge on any atom is -0.207 e. The minimum atomic E-state index is -2.55. The smallest absolute Gasteiger partial charge is 0.207 e. The van der Waals surface area contributed by atoms with Gasteiger partial charge >= 0.3 is 0 Å². The quantitative estimate of drug-likeness (QED) is 0.212. The Labute approximate surface area is 202 Å². The first kappa shape index (κ1) is 26.5. The number of hydrogen-bond acceptors (Lipinski definition) is 0. The highest BCUT2D eigenvalue weighted by Crippen LogP contribution is 2.41. The molecule has 4 heteroatoms. The predicted octanol–water partition coefficient (Wildman–Crippen LogP) is 10.5. The van der Waals surface area contributed by atoms with Crippen molar-refractivity contribution in [1.82, 2.24) is 0 Å². The van der Waals surface area contributed by atoms with Crippen molar-refractivity contribution in [3.8, 4) is 11.1 Å². The zero-order chi connectivity index (χ0) is 24.4. The van der Waals surface area contributed by atoms with E-state index in [-0.39, 0.29) is 29.9 Å². The molecule has 1 aliphatic carbocycles. The van der Waals surface area contributed by atoms with E-state index in [9.17, 15) is 17.6 Å². The van der Waals surface area contributed by atoms with Crippen LogP contribution in [0.3, 0.4) is 0 Å². The lowest BCUT2D eigenvalue weighted by Gasteiger charge is -2.28. The van der Waals surface area contributed by atoms with E-state index in [1.165, 1.54) is 44.9 Å². The molecule has 2 aromatic rings. The molecule has 1 fully saturated rings. The third kappa shape index (κ3) is 7.71. The zero-order valence-electron chi connectivity index (χ0n) is 20.4. The van der Waals surface area contributed by atoms with Gasteiger partial charge in [-0.2, -0.15) is 0 Å². The highest BCUT2D eigenvalue weighted by Gasteiger charge is 2.35. The summed E-state index contributed by atoms with van der Waals surface area (Å²) in [4.78, 5) is 0. The molecule has 2 aromatic carbocycles. The van der Waals surface area contributed by atoms with Crippen molar-refractivity contribution >= 4 is 6.08 Å². The van der Waals surface area contributed by atoms with Crippen molar-refractivity contribution in [2.24, 2.45) is 0 Å². The maximum absolute atomic E-state index is 14.8. The van der Waals surface area contributed by atoms with E-state index in [0.29, 0.717) is 18.4 Å². The Kier molecular flexibility index (Phi) is 10.2. The van der Waals surface area contributed by atoms with Gasteiger partial charge < -0.3 is 0 Å². The first-order chi connectivity index (χ1) is 16.4. The van der Waals surface area contributed by atoms with Crippen LogP contribution in [0.5, 0.6) is 0 Å². The van der Waals surface area contributed by atoms with Crippen LogP contribution < -0.4 is 0 Å². The van der Waals surface area contributed by atoms with Gasteiger partial charge in [0.2, 0.25) is 5.92 Å². The molecule has 0 spiro atoms. The van der Waals surface area contributed by atoms with Crippen molar-refractivity contribution < 1.29 is 17.6 Å². The van der Waals surface area contributed by atoms with Gasteiger partial charge in [0.1, 0.15) is 0 Å². The van der Waals surface area contributed by atoms with Gasteiger partial charge in [-0.3, -0.25) is 0 Å². The molecule has 0 aliphatic heterocycles. The molecular weight excluding hydrogens is 436 g/mol. The number of allylic oxidation sites excluding steroid dienone is 1. The molecule has 1 saturated carbocycles. The van der Waals surface area contributed by atoms with Crippen LogP contribution in [0.2, 0.25) is 0 Å². The third-order valence-electron chi connectivity index (χ3n) is 7.04. The summed E-state index contributed by atoms with van der Waals surface area (Å²) in [6.07, 6.45) is 15.2. The van der Waals surface area contributed by atoms with Gasteiger partial charge in [-0.15, -0.1) is 0 Å². The zero-order valence-corrected chi connectivity index (χ0v) is 20.4. The van der Waals surface area contributed by atoms with Crippen molar-refractivity contribution in [3.05, 3.63) is 65.2 Å². The molecule has 0 heterocycles. The van der Waals surface area contributed by atoms with Crippen molar-refractivity contribution in [2.75, 3.05) is 0 Å². The summed E-state index contributed by atoms with van der Waals surface area (Å²) in [6.45, 7) is 2.22. The van der Waals surface area contributed by atoms with E-state index in [1.54, 1.807) is 30.3 Å². The molecule has 3 rings (SSSR count). The minimum absolute atomic E-state index is 0.0900. The van der Waals surface area contributed by atoms with Gasteiger partial charge in [-0.25, -0.2) is 17.6 Å². The Balaban J connectivity index is 1.51. The van der Waals surface area contributed by atoms with Crippen molar-refractivity contribution in [1.29, 1.82) is 0 Å². The number of halogens is 4. The molecule has 0 bridgehead atoms. The van der Waals surface area contributed by atoms with Crippen LogP contribution in [-0.4, -0.2) is 5.92 Å². The van der Waals surface area contributed by atoms with Crippen LogP contribution in [0.25, 0.3) is 17.2 Å². The number of benzene rings is 2. The first-order valence-corrected chi connectivity index (χ1v) is 13.0. The topological polar surface area (TPSA) is 0 Å². The molecule has 0 nitrogen and oxygen atoms in total. The number of alkyl halides is 2. The molecule has 0 radical (unpaired) electrons. The largest absolute Gasteiger partial charge is 0.248 e. The molecule has 0 atom stereocenters. The average molecular weight is 475 g/mol. The van der Waals surface area contributed by atoms with E-state index in [0.717, 1.165) is 18.4 Å². The van der Waals surface area contributed by atoms with E-state index in [4.69, 9.17) is 0 Å². The van der Waals surface area contributed by atoms with Gasteiger partial charge in [-0.1, -0.05) is 100 Å². The number of rotatable bonds is 12. The van der Waals surface area contributed by atoms with Gasteiger partial charge in [-0.05, 0) is 42.7 Å². The summed E-state index contributed by atoms with van der Waals surface area (Å²) in [5, 5.41) is 0. The van der Waals surface area contributed by atoms with E-state index >= 15 is 0 Å². The van der Waals surface area contributed by atoms with E-state index in [2.05, 4.69) is 6.92 Å². The van der Waals surface area contributed by atoms with Crippen molar-refractivity contribution in [2.45, 2.75) is 102 Å². The summed E-state index contributed by atoms with van der Waals surface area (Å²) < 4.78 is 56.3. The van der Waals surface area contributed by atoms with E-state index < -0.39 is 17.6 Å².